The smallest absolute Gasteiger partial charge is 0.294 e. The summed E-state index contributed by atoms with van der Waals surface area (Å²) in [6.45, 7) is 6.40. The minimum atomic E-state index is 0.452. The lowest BCUT2D eigenvalue weighted by molar-refractivity contribution is -0.675. The third-order valence-electron chi connectivity index (χ3n) is 7.01. The van der Waals surface area contributed by atoms with Crippen molar-refractivity contribution in [2.75, 3.05) is 52.7 Å². The number of hydrogen-bond donors (Lipinski definition) is 2. The van der Waals surface area contributed by atoms with E-state index in [9.17, 15) is 0 Å². The number of rotatable bonds is 8. The summed E-state index contributed by atoms with van der Waals surface area (Å²) in [5.74, 6) is 1.99. The first-order valence-corrected chi connectivity index (χ1v) is 12.9. The van der Waals surface area contributed by atoms with Gasteiger partial charge in [0, 0.05) is 38.8 Å². The predicted molar refractivity (Wildman–Crippen MR) is 132 cm³/mol. The third-order valence-corrected chi connectivity index (χ3v) is 7.94. The molecular weight excluding hydrogens is 450 g/mol. The van der Waals surface area contributed by atoms with Gasteiger partial charge in [0.1, 0.15) is 11.5 Å². The van der Waals surface area contributed by atoms with Gasteiger partial charge in [-0.25, -0.2) is 4.57 Å². The average Bonchev–Trinajstić information content (AvgIpc) is 3.55. The minimum Gasteiger partial charge on any atom is -0.497 e. The maximum absolute atomic E-state index is 6.18. The number of nitrogens with zero attached hydrogens (tertiary/aromatic N) is 5. The first-order valence-electron chi connectivity index (χ1n) is 12.0. The van der Waals surface area contributed by atoms with Crippen LogP contribution in [0, 0.1) is 0 Å². The van der Waals surface area contributed by atoms with Crippen molar-refractivity contribution in [2.24, 2.45) is 0 Å². The molecular formula is C24H34N7O2S+. The Morgan fingerprint density at radius 3 is 2.68 bits per heavy atom. The number of anilines is 1. The molecule has 0 amide bonds. The summed E-state index contributed by atoms with van der Waals surface area (Å²) < 4.78 is 13.0. The summed E-state index contributed by atoms with van der Waals surface area (Å²) in [4.78, 5) is 18.8. The number of ether oxygens (including phenoxy) is 2. The van der Waals surface area contributed by atoms with Crippen LogP contribution in [0.25, 0.3) is 11.2 Å². The highest BCUT2D eigenvalue weighted by Gasteiger charge is 2.26. The molecule has 2 fully saturated rings. The summed E-state index contributed by atoms with van der Waals surface area (Å²) in [6.07, 6.45) is 7.36. The topological polar surface area (TPSA) is 96.4 Å². The zero-order chi connectivity index (χ0) is 23.5. The fraction of sp³-hybridized carbons (Fsp3) is 0.542. The van der Waals surface area contributed by atoms with E-state index in [-0.39, 0.29) is 0 Å². The molecule has 2 aliphatic rings. The van der Waals surface area contributed by atoms with Gasteiger partial charge < -0.3 is 20.2 Å². The van der Waals surface area contributed by atoms with Crippen LogP contribution >= 0.6 is 11.8 Å². The molecule has 0 spiro atoms. The van der Waals surface area contributed by atoms with Gasteiger partial charge in [-0.1, -0.05) is 22.8 Å². The number of benzene rings is 1. The van der Waals surface area contributed by atoms with Gasteiger partial charge in [-0.2, -0.15) is 0 Å². The number of fused-ring (bicyclic) bond motifs is 1. The monoisotopic (exact) mass is 484 g/mol. The minimum absolute atomic E-state index is 0.452. The van der Waals surface area contributed by atoms with Crippen LogP contribution in [0.3, 0.4) is 0 Å². The molecule has 3 heterocycles. The van der Waals surface area contributed by atoms with Crippen molar-refractivity contribution >= 4 is 28.7 Å². The number of methoxy groups -OCH3 is 2. The maximum atomic E-state index is 6.18. The molecule has 1 aromatic carbocycles. The van der Waals surface area contributed by atoms with Crippen LogP contribution in [0.1, 0.15) is 25.7 Å². The molecule has 182 valence electrons. The number of nitrogens with two attached hydrogens (primary N) is 1. The molecule has 0 bridgehead atoms. The first kappa shape index (κ1) is 23.2. The number of nitrogens with one attached hydrogen (secondary N) is 1. The second-order valence-electron chi connectivity index (χ2n) is 9.00. The number of piperazine rings is 1. The van der Waals surface area contributed by atoms with Crippen molar-refractivity contribution in [2.45, 2.75) is 48.3 Å². The number of H-pyrrole nitrogens is 1. The molecule has 10 heteroatoms. The largest absolute Gasteiger partial charge is 0.497 e. The second-order valence-corrected chi connectivity index (χ2v) is 10.0. The molecule has 2 aromatic heterocycles. The highest BCUT2D eigenvalue weighted by atomic mass is 32.2. The Hall–Kier alpha value is -2.56. The zero-order valence-corrected chi connectivity index (χ0v) is 20.8. The van der Waals surface area contributed by atoms with Crippen LogP contribution in [0.5, 0.6) is 11.5 Å². The Labute approximate surface area is 204 Å². The summed E-state index contributed by atoms with van der Waals surface area (Å²) in [6, 6.07) is 6.54. The van der Waals surface area contributed by atoms with Crippen molar-refractivity contribution in [3.05, 3.63) is 24.5 Å². The number of hydrogen-bond acceptors (Lipinski definition) is 8. The van der Waals surface area contributed by atoms with E-state index in [4.69, 9.17) is 20.2 Å². The fourth-order valence-electron chi connectivity index (χ4n) is 5.03. The van der Waals surface area contributed by atoms with Gasteiger partial charge >= 0.3 is 0 Å². The standard InChI is InChI=1S/C24H33N7O2S/c1-32-18-7-8-19(33-2)20(15-18)34-24-27-21-22(25)26-16-31(23(21)28-24)14-11-29-9-12-30(13-10-29)17-5-3-4-6-17/h7-8,15-17H,3-6,9-14H2,1-2H3,(H2,25,27,28)/p+1. The van der Waals surface area contributed by atoms with Crippen LogP contribution in [-0.4, -0.2) is 77.7 Å². The Bertz CT molecular complexity index is 1120. The maximum Gasteiger partial charge on any atom is 0.294 e. The highest BCUT2D eigenvalue weighted by molar-refractivity contribution is 7.99. The first-order chi connectivity index (χ1) is 16.6. The highest BCUT2D eigenvalue weighted by Crippen LogP contribution is 2.36. The van der Waals surface area contributed by atoms with E-state index in [0.717, 1.165) is 64.9 Å². The Kier molecular flexibility index (Phi) is 7.07. The summed E-state index contributed by atoms with van der Waals surface area (Å²) >= 11 is 1.49. The normalized spacial score (nSPS) is 18.1. The molecule has 1 saturated carbocycles. The Morgan fingerprint density at radius 2 is 1.94 bits per heavy atom. The molecule has 5 rings (SSSR count). The SMILES string of the molecule is COc1ccc(OC)c(Sc2nc3c([nH]2)c(N)nc[n+]3CCN2CCN(C3CCCC3)CC2)c1. The van der Waals surface area contributed by atoms with Crippen LogP contribution in [0.4, 0.5) is 5.82 Å². The van der Waals surface area contributed by atoms with Gasteiger partial charge in [0.2, 0.25) is 17.3 Å². The quantitative estimate of drug-likeness (QED) is 0.471. The van der Waals surface area contributed by atoms with Crippen LogP contribution in [0.15, 0.2) is 34.6 Å². The molecule has 3 aromatic rings. The number of aromatic nitrogens is 4. The third kappa shape index (κ3) is 4.94. The number of aromatic amines is 1. The Morgan fingerprint density at radius 1 is 1.15 bits per heavy atom. The molecule has 34 heavy (non-hydrogen) atoms. The van der Waals surface area contributed by atoms with Gasteiger partial charge in [0.15, 0.2) is 5.52 Å². The summed E-state index contributed by atoms with van der Waals surface area (Å²) in [5, 5.41) is 0.736. The Balaban J connectivity index is 1.27. The van der Waals surface area contributed by atoms with Crippen molar-refractivity contribution in [3.8, 4) is 11.5 Å². The van der Waals surface area contributed by atoms with Crippen LogP contribution in [0.2, 0.25) is 0 Å². The number of imidazole rings is 1. The lowest BCUT2D eigenvalue weighted by Crippen LogP contribution is -2.52. The van der Waals surface area contributed by atoms with Gasteiger partial charge in [-0.3, -0.25) is 9.80 Å². The molecule has 0 radical (unpaired) electrons. The average molecular weight is 485 g/mol. The molecule has 3 N–H and O–H groups in total. The van der Waals surface area contributed by atoms with Crippen LogP contribution < -0.4 is 19.8 Å². The van der Waals surface area contributed by atoms with Gasteiger partial charge in [-0.15, -0.1) is 0 Å². The zero-order valence-electron chi connectivity index (χ0n) is 20.0. The predicted octanol–water partition coefficient (Wildman–Crippen LogP) is 2.56. The fourth-order valence-corrected chi connectivity index (χ4v) is 5.95. The van der Waals surface area contributed by atoms with E-state index < -0.39 is 0 Å². The van der Waals surface area contributed by atoms with Crippen molar-refractivity contribution in [1.82, 2.24) is 24.8 Å². The number of nitrogen functional groups attached to an aromatic ring is 1. The van der Waals surface area contributed by atoms with E-state index in [0.29, 0.717) is 5.82 Å². The van der Waals surface area contributed by atoms with Crippen molar-refractivity contribution in [3.63, 3.8) is 0 Å². The van der Waals surface area contributed by atoms with Gasteiger partial charge in [0.25, 0.3) is 5.65 Å². The molecule has 9 nitrogen and oxygen atoms in total. The van der Waals surface area contributed by atoms with E-state index >= 15 is 0 Å². The van der Waals surface area contributed by atoms with E-state index in [2.05, 4.69) is 24.3 Å². The summed E-state index contributed by atoms with van der Waals surface area (Å²) in [7, 11) is 3.31. The van der Waals surface area contributed by atoms with E-state index in [1.807, 2.05) is 18.2 Å². The molecule has 1 aliphatic carbocycles. The lowest BCUT2D eigenvalue weighted by Gasteiger charge is -2.37. The molecule has 1 saturated heterocycles. The van der Waals surface area contributed by atoms with Crippen molar-refractivity contribution < 1.29 is 14.0 Å². The molecule has 0 atom stereocenters. The van der Waals surface area contributed by atoms with Crippen molar-refractivity contribution in [1.29, 1.82) is 0 Å². The lowest BCUT2D eigenvalue weighted by atomic mass is 10.2. The molecule has 1 aliphatic heterocycles. The van der Waals surface area contributed by atoms with Gasteiger partial charge in [-0.05, 0) is 42.8 Å². The van der Waals surface area contributed by atoms with Crippen LogP contribution in [-0.2, 0) is 6.54 Å². The van der Waals surface area contributed by atoms with E-state index in [1.165, 1.54) is 50.5 Å². The second kappa shape index (κ2) is 10.4. The van der Waals surface area contributed by atoms with E-state index in [1.54, 1.807) is 20.5 Å². The summed E-state index contributed by atoms with van der Waals surface area (Å²) in [5.41, 5.74) is 7.76. The molecule has 0 unspecified atom stereocenters. The van der Waals surface area contributed by atoms with Gasteiger partial charge in [0.05, 0.1) is 25.7 Å².